The molecule has 0 radical (unpaired) electrons. The molecule has 1 amide bonds. The number of nitrogens with zero attached hydrogens (tertiary/aromatic N) is 2. The highest BCUT2D eigenvalue weighted by Crippen LogP contribution is 2.11. The van der Waals surface area contributed by atoms with Gasteiger partial charge in [-0.3, -0.25) is 14.2 Å². The van der Waals surface area contributed by atoms with Crippen molar-refractivity contribution in [3.05, 3.63) is 40.4 Å². The maximum Gasteiger partial charge on any atom is 0.261 e. The van der Waals surface area contributed by atoms with Gasteiger partial charge in [0.1, 0.15) is 0 Å². The molecule has 0 aliphatic carbocycles. The van der Waals surface area contributed by atoms with Gasteiger partial charge in [-0.05, 0) is 32.4 Å². The molecule has 1 heterocycles. The molecule has 2 aromatic rings. The van der Waals surface area contributed by atoms with Crippen LogP contribution < -0.4 is 10.9 Å². The number of aromatic nitrogens is 2. The van der Waals surface area contributed by atoms with Crippen LogP contribution in [0.2, 0.25) is 0 Å². The second kappa shape index (κ2) is 8.22. The normalized spacial score (nSPS) is 11.7. The number of aliphatic hydroxyl groups excluding tert-OH is 1. The third kappa shape index (κ3) is 5.11. The molecule has 7 heteroatoms. The molecule has 0 spiro atoms. The summed E-state index contributed by atoms with van der Waals surface area (Å²) in [6.07, 6.45) is 1.66. The second-order valence-electron chi connectivity index (χ2n) is 6.57. The van der Waals surface area contributed by atoms with Crippen molar-refractivity contribution in [1.29, 1.82) is 0 Å². The van der Waals surface area contributed by atoms with Gasteiger partial charge in [0.2, 0.25) is 5.91 Å². The monoisotopic (exact) mass is 347 g/mol. The number of aliphatic hydroxyl groups is 1. The van der Waals surface area contributed by atoms with E-state index in [9.17, 15) is 9.59 Å². The Bertz CT molecular complexity index is 798. The lowest BCUT2D eigenvalue weighted by Gasteiger charge is -2.25. The van der Waals surface area contributed by atoms with Crippen LogP contribution in [0.3, 0.4) is 0 Å². The number of benzene rings is 1. The minimum Gasteiger partial charge on any atom is -0.394 e. The molecule has 0 saturated carbocycles. The molecule has 0 bridgehead atoms. The zero-order chi connectivity index (χ0) is 18.4. The van der Waals surface area contributed by atoms with Crippen molar-refractivity contribution in [2.45, 2.75) is 39.3 Å². The minimum atomic E-state index is -0.558. The van der Waals surface area contributed by atoms with E-state index in [1.54, 1.807) is 6.07 Å². The Morgan fingerprint density at radius 3 is 2.88 bits per heavy atom. The van der Waals surface area contributed by atoms with Crippen molar-refractivity contribution in [3.63, 3.8) is 0 Å². The van der Waals surface area contributed by atoms with Crippen LogP contribution in [-0.2, 0) is 16.1 Å². The molecule has 7 nitrogen and oxygen atoms in total. The molecule has 136 valence electrons. The first kappa shape index (κ1) is 19.1. The molecule has 1 aromatic heterocycles. The molecular formula is C18H25N3O4. The molecular weight excluding hydrogens is 322 g/mol. The molecule has 0 unspecified atom stereocenters. The fourth-order valence-electron chi connectivity index (χ4n) is 2.49. The molecule has 0 atom stereocenters. The first-order valence-corrected chi connectivity index (χ1v) is 8.30. The number of ether oxygens (including phenoxy) is 1. The fraction of sp³-hybridized carbons (Fsp3) is 0.500. The van der Waals surface area contributed by atoms with Gasteiger partial charge >= 0.3 is 0 Å². The average molecular weight is 347 g/mol. The lowest BCUT2D eigenvalue weighted by Crippen LogP contribution is -2.41. The number of hydrogen-bond donors (Lipinski definition) is 2. The van der Waals surface area contributed by atoms with Crippen molar-refractivity contribution >= 4 is 16.8 Å². The molecule has 25 heavy (non-hydrogen) atoms. The van der Waals surface area contributed by atoms with Crippen LogP contribution in [0.15, 0.2) is 29.3 Å². The quantitative estimate of drug-likeness (QED) is 0.743. The summed E-state index contributed by atoms with van der Waals surface area (Å²) in [5.41, 5.74) is 0.936. The zero-order valence-corrected chi connectivity index (χ0v) is 14.9. The second-order valence-corrected chi connectivity index (χ2v) is 6.57. The Morgan fingerprint density at radius 1 is 1.40 bits per heavy atom. The van der Waals surface area contributed by atoms with Crippen LogP contribution in [0.5, 0.6) is 0 Å². The molecule has 2 N–H and O–H groups in total. The standard InChI is InChI=1S/C18H25N3O4/c1-13-5-4-6-14-16(13)20-12-21(17(14)24)8-7-15(23)19-11-18(2,3)25-10-9-22/h4-6,12,22H,7-11H2,1-3H3,(H,19,23). The van der Waals surface area contributed by atoms with E-state index in [-0.39, 0.29) is 37.6 Å². The number of rotatable bonds is 8. The maximum absolute atomic E-state index is 12.5. The van der Waals surface area contributed by atoms with Crippen molar-refractivity contribution in [2.75, 3.05) is 19.8 Å². The number of aryl methyl sites for hydroxylation is 2. The lowest BCUT2D eigenvalue weighted by atomic mass is 10.1. The van der Waals surface area contributed by atoms with Crippen molar-refractivity contribution in [2.24, 2.45) is 0 Å². The number of fused-ring (bicyclic) bond motifs is 1. The summed E-state index contributed by atoms with van der Waals surface area (Å²) in [6.45, 7) is 6.34. The van der Waals surface area contributed by atoms with E-state index in [4.69, 9.17) is 9.84 Å². The van der Waals surface area contributed by atoms with Gasteiger partial charge in [-0.15, -0.1) is 0 Å². The molecule has 0 aliphatic rings. The largest absolute Gasteiger partial charge is 0.394 e. The Hall–Kier alpha value is -2.25. The summed E-state index contributed by atoms with van der Waals surface area (Å²) in [5.74, 6) is -0.170. The fourth-order valence-corrected chi connectivity index (χ4v) is 2.49. The number of carbonyl (C=O) groups is 1. The van der Waals surface area contributed by atoms with E-state index in [1.165, 1.54) is 10.9 Å². The summed E-state index contributed by atoms with van der Waals surface area (Å²) >= 11 is 0. The topological polar surface area (TPSA) is 93.5 Å². The third-order valence-corrected chi connectivity index (χ3v) is 3.93. The van der Waals surface area contributed by atoms with Gasteiger partial charge in [0, 0.05) is 19.5 Å². The molecule has 0 aliphatic heterocycles. The molecule has 2 rings (SSSR count). The summed E-state index contributed by atoms with van der Waals surface area (Å²) < 4.78 is 6.89. The SMILES string of the molecule is Cc1cccc2c(=O)n(CCC(=O)NCC(C)(C)OCCO)cnc12. The predicted octanol–water partition coefficient (Wildman–Crippen LogP) is 0.999. The van der Waals surface area contributed by atoms with E-state index in [2.05, 4.69) is 10.3 Å². The van der Waals surface area contributed by atoms with Crippen LogP contribution >= 0.6 is 0 Å². The number of carbonyl (C=O) groups excluding carboxylic acids is 1. The molecule has 0 saturated heterocycles. The number of para-hydroxylation sites is 1. The third-order valence-electron chi connectivity index (χ3n) is 3.93. The van der Waals surface area contributed by atoms with E-state index in [0.717, 1.165) is 5.56 Å². The van der Waals surface area contributed by atoms with Crippen LogP contribution in [-0.4, -0.2) is 45.9 Å². The van der Waals surface area contributed by atoms with E-state index in [1.807, 2.05) is 32.9 Å². The van der Waals surface area contributed by atoms with Crippen molar-refractivity contribution < 1.29 is 14.6 Å². The predicted molar refractivity (Wildman–Crippen MR) is 95.5 cm³/mol. The summed E-state index contributed by atoms with van der Waals surface area (Å²) in [5, 5.41) is 12.1. The Labute approximate surface area is 146 Å². The van der Waals surface area contributed by atoms with E-state index < -0.39 is 5.60 Å². The van der Waals surface area contributed by atoms with Gasteiger partial charge in [0.05, 0.1) is 36.0 Å². The first-order chi connectivity index (χ1) is 11.8. The van der Waals surface area contributed by atoms with Gasteiger partial charge in [0.15, 0.2) is 0 Å². The summed E-state index contributed by atoms with van der Waals surface area (Å²) in [4.78, 5) is 28.8. The highest BCUT2D eigenvalue weighted by molar-refractivity contribution is 5.80. The highest BCUT2D eigenvalue weighted by Gasteiger charge is 2.19. The Kier molecular flexibility index (Phi) is 6.27. The van der Waals surface area contributed by atoms with Crippen molar-refractivity contribution in [1.82, 2.24) is 14.9 Å². The lowest BCUT2D eigenvalue weighted by molar-refractivity contribution is -0.123. The van der Waals surface area contributed by atoms with Crippen LogP contribution in [0.4, 0.5) is 0 Å². The zero-order valence-electron chi connectivity index (χ0n) is 14.9. The van der Waals surface area contributed by atoms with Gasteiger partial charge in [-0.25, -0.2) is 4.98 Å². The highest BCUT2D eigenvalue weighted by atomic mass is 16.5. The average Bonchev–Trinajstić information content (AvgIpc) is 2.58. The van der Waals surface area contributed by atoms with Crippen LogP contribution in [0, 0.1) is 6.92 Å². The van der Waals surface area contributed by atoms with Gasteiger partial charge < -0.3 is 15.2 Å². The van der Waals surface area contributed by atoms with E-state index >= 15 is 0 Å². The molecule has 1 aromatic carbocycles. The first-order valence-electron chi connectivity index (χ1n) is 8.30. The number of nitrogens with one attached hydrogen (secondary N) is 1. The molecule has 0 fully saturated rings. The van der Waals surface area contributed by atoms with Crippen LogP contribution in [0.1, 0.15) is 25.8 Å². The Balaban J connectivity index is 1.95. The smallest absolute Gasteiger partial charge is 0.261 e. The Morgan fingerprint density at radius 2 is 2.16 bits per heavy atom. The number of amides is 1. The van der Waals surface area contributed by atoms with Crippen LogP contribution in [0.25, 0.3) is 10.9 Å². The van der Waals surface area contributed by atoms with E-state index in [0.29, 0.717) is 17.4 Å². The van der Waals surface area contributed by atoms with Gasteiger partial charge in [0.25, 0.3) is 5.56 Å². The number of hydrogen-bond acceptors (Lipinski definition) is 5. The van der Waals surface area contributed by atoms with Crippen molar-refractivity contribution in [3.8, 4) is 0 Å². The summed E-state index contributed by atoms with van der Waals surface area (Å²) in [7, 11) is 0. The van der Waals surface area contributed by atoms with Gasteiger partial charge in [-0.1, -0.05) is 12.1 Å². The van der Waals surface area contributed by atoms with Gasteiger partial charge in [-0.2, -0.15) is 0 Å². The summed E-state index contributed by atoms with van der Waals surface area (Å²) in [6, 6.07) is 5.48. The minimum absolute atomic E-state index is 0.0608. The maximum atomic E-state index is 12.5.